The van der Waals surface area contributed by atoms with Gasteiger partial charge in [-0.05, 0) is 51.0 Å². The van der Waals surface area contributed by atoms with Crippen molar-refractivity contribution in [1.82, 2.24) is 44.7 Å². The maximum absolute atomic E-state index is 5.09. The highest BCUT2D eigenvalue weighted by molar-refractivity contribution is 7.18. The Morgan fingerprint density at radius 3 is 1.57 bits per heavy atom. The van der Waals surface area contributed by atoms with Crippen molar-refractivity contribution in [2.24, 2.45) is 0 Å². The first kappa shape index (κ1) is 49.6. The monoisotopic (exact) mass is 828 g/mol. The van der Waals surface area contributed by atoms with Crippen LogP contribution in [0.15, 0.2) is 102 Å². The van der Waals surface area contributed by atoms with E-state index in [1.165, 1.54) is 14.7 Å². The minimum absolute atomic E-state index is 0.0451. The van der Waals surface area contributed by atoms with Gasteiger partial charge in [-0.3, -0.25) is 4.98 Å². The van der Waals surface area contributed by atoms with Crippen LogP contribution < -0.4 is 0 Å². The second-order valence-electron chi connectivity index (χ2n) is 19.0. The average molecular weight is 828 g/mol. The number of imidazole rings is 1. The number of H-pyrrole nitrogens is 1. The molecular formula is C46H69N9OS2. The van der Waals surface area contributed by atoms with Gasteiger partial charge in [0.2, 0.25) is 0 Å². The molecule has 0 spiro atoms. The van der Waals surface area contributed by atoms with Gasteiger partial charge >= 0.3 is 0 Å². The first-order valence-electron chi connectivity index (χ1n) is 19.7. The third-order valence-corrected chi connectivity index (χ3v) is 10.4. The van der Waals surface area contributed by atoms with Gasteiger partial charge in [-0.25, -0.2) is 19.9 Å². The number of thiazole rings is 2. The first-order chi connectivity index (χ1) is 26.8. The van der Waals surface area contributed by atoms with Crippen LogP contribution in [0.1, 0.15) is 151 Å². The summed E-state index contributed by atoms with van der Waals surface area (Å²) in [6, 6.07) is 14.3. The number of oxazole rings is 1. The fraction of sp³-hybridized carbons (Fsp3) is 0.500. The lowest BCUT2D eigenvalue weighted by atomic mass is 9.96. The molecule has 0 radical (unpaired) electrons. The number of pyridine rings is 1. The minimum atomic E-state index is 0.0451. The van der Waals surface area contributed by atoms with Crippen molar-refractivity contribution in [2.45, 2.75) is 151 Å². The molecule has 1 N–H and O–H groups in total. The van der Waals surface area contributed by atoms with Crippen LogP contribution in [0.2, 0.25) is 0 Å². The Balaban J connectivity index is 0.000000242. The highest BCUT2D eigenvalue weighted by Crippen LogP contribution is 2.30. The predicted octanol–water partition coefficient (Wildman–Crippen LogP) is 13.0. The summed E-state index contributed by atoms with van der Waals surface area (Å²) in [5.74, 6) is 2.39. The molecule has 0 amide bonds. The third-order valence-electron chi connectivity index (χ3n) is 7.76. The Labute approximate surface area is 356 Å². The number of hydrogen-bond acceptors (Lipinski definition) is 10. The largest absolute Gasteiger partial charge is 0.448 e. The summed E-state index contributed by atoms with van der Waals surface area (Å²) in [6.45, 7) is 36.3. The SMILES string of the molecule is CC(C)(C)c1nc2ccccc2s1.CC(C)(C)c1ncc[nH]1.CC(C)(C)c1ncco1.CC(C)(C)c1nccs1.CC(C)(C)n1cnnc1.CC(C)c1ccccn1. The van der Waals surface area contributed by atoms with Gasteiger partial charge in [0.15, 0.2) is 5.89 Å². The van der Waals surface area contributed by atoms with Crippen LogP contribution in [0.25, 0.3) is 10.2 Å². The molecule has 0 aliphatic heterocycles. The highest BCUT2D eigenvalue weighted by atomic mass is 32.1. The van der Waals surface area contributed by atoms with Gasteiger partial charge in [-0.1, -0.05) is 115 Å². The number of aromatic amines is 1. The summed E-state index contributed by atoms with van der Waals surface area (Å²) in [5, 5.41) is 11.8. The smallest absolute Gasteiger partial charge is 0.199 e. The van der Waals surface area contributed by atoms with Crippen molar-refractivity contribution in [3.05, 3.63) is 125 Å². The van der Waals surface area contributed by atoms with Crippen LogP contribution in [0, 0.1) is 0 Å². The number of nitrogens with one attached hydrogen (secondary N) is 1. The normalized spacial score (nSPS) is 11.7. The van der Waals surface area contributed by atoms with E-state index in [2.05, 4.69) is 176 Å². The van der Waals surface area contributed by atoms with Crippen LogP contribution in [0.3, 0.4) is 0 Å². The zero-order valence-corrected chi connectivity index (χ0v) is 39.8. The second kappa shape index (κ2) is 22.0. The van der Waals surface area contributed by atoms with Gasteiger partial charge in [0.1, 0.15) is 24.7 Å². The minimum Gasteiger partial charge on any atom is -0.448 e. The molecule has 7 rings (SSSR count). The standard InChI is InChI=1S/C11H13NS.C8H11N.C7H12N2.C7H11NO.C7H11NS.C6H11N3/c1-11(2,3)10-12-8-6-4-5-7-9(8)13-10;1-7(2)8-5-3-4-6-9-8;3*1-7(2,3)6-8-4-5-9-6;1-6(2,3)9-4-7-8-5-9/h4-7H,1-3H3;3-7H,1-2H3;4-5H,1-3H3,(H,8,9);3*4-5H,1-3H3. The molecule has 0 atom stereocenters. The highest BCUT2D eigenvalue weighted by Gasteiger charge is 2.19. The number of nitrogens with zero attached hydrogens (tertiary/aromatic N) is 8. The van der Waals surface area contributed by atoms with Crippen molar-refractivity contribution in [2.75, 3.05) is 0 Å². The molecular weight excluding hydrogens is 759 g/mol. The Kier molecular flexibility index (Phi) is 18.8. The van der Waals surface area contributed by atoms with Crippen molar-refractivity contribution in [3.63, 3.8) is 0 Å². The Hall–Kier alpha value is -4.55. The molecule has 6 aromatic heterocycles. The van der Waals surface area contributed by atoms with E-state index in [0.717, 1.165) is 22.9 Å². The third kappa shape index (κ3) is 18.4. The number of para-hydroxylation sites is 1. The number of rotatable bonds is 1. The molecule has 1 aromatic carbocycles. The summed E-state index contributed by atoms with van der Waals surface area (Å²) in [5.41, 5.74) is 3.00. The molecule has 10 nitrogen and oxygen atoms in total. The molecule has 12 heteroatoms. The topological polar surface area (TPSA) is 124 Å². The lowest BCUT2D eigenvalue weighted by Crippen LogP contribution is -2.19. The summed E-state index contributed by atoms with van der Waals surface area (Å²) in [7, 11) is 0. The van der Waals surface area contributed by atoms with Gasteiger partial charge in [-0.2, -0.15) is 0 Å². The van der Waals surface area contributed by atoms with Crippen LogP contribution in [0.5, 0.6) is 0 Å². The maximum Gasteiger partial charge on any atom is 0.199 e. The summed E-state index contributed by atoms with van der Waals surface area (Å²) in [6.07, 6.45) is 14.0. The van der Waals surface area contributed by atoms with Crippen molar-refractivity contribution < 1.29 is 4.42 Å². The number of benzene rings is 1. The van der Waals surface area contributed by atoms with E-state index in [-0.39, 0.29) is 27.2 Å². The molecule has 0 saturated heterocycles. The summed E-state index contributed by atoms with van der Waals surface area (Å²) >= 11 is 3.51. The van der Waals surface area contributed by atoms with E-state index in [9.17, 15) is 0 Å². The van der Waals surface area contributed by atoms with E-state index in [1.54, 1.807) is 54.0 Å². The van der Waals surface area contributed by atoms with Crippen LogP contribution in [-0.4, -0.2) is 44.7 Å². The quantitative estimate of drug-likeness (QED) is 0.173. The lowest BCUT2D eigenvalue weighted by molar-refractivity contribution is 0.392. The molecule has 0 unspecified atom stereocenters. The predicted molar refractivity (Wildman–Crippen MR) is 245 cm³/mol. The summed E-state index contributed by atoms with van der Waals surface area (Å²) < 4.78 is 8.34. The number of fused-ring (bicyclic) bond motifs is 1. The zero-order chi connectivity index (χ0) is 43.8. The lowest BCUT2D eigenvalue weighted by Gasteiger charge is -2.18. The van der Waals surface area contributed by atoms with E-state index >= 15 is 0 Å². The maximum atomic E-state index is 5.09. The van der Waals surface area contributed by atoms with E-state index < -0.39 is 0 Å². The van der Waals surface area contributed by atoms with Gasteiger partial charge < -0.3 is 14.0 Å². The number of hydrogen-bond donors (Lipinski definition) is 1. The summed E-state index contributed by atoms with van der Waals surface area (Å²) in [4.78, 5) is 24.2. The van der Waals surface area contributed by atoms with Gasteiger partial charge in [0.25, 0.3) is 0 Å². The molecule has 0 aliphatic rings. The van der Waals surface area contributed by atoms with Crippen molar-refractivity contribution in [1.29, 1.82) is 0 Å². The van der Waals surface area contributed by atoms with Crippen molar-refractivity contribution >= 4 is 32.9 Å². The number of aromatic nitrogens is 9. The van der Waals surface area contributed by atoms with E-state index in [1.807, 2.05) is 52.8 Å². The van der Waals surface area contributed by atoms with Crippen molar-refractivity contribution in [3.8, 4) is 0 Å². The van der Waals surface area contributed by atoms with Crippen LogP contribution in [0.4, 0.5) is 0 Å². The molecule has 7 aromatic rings. The molecule has 58 heavy (non-hydrogen) atoms. The Morgan fingerprint density at radius 2 is 1.24 bits per heavy atom. The Bertz CT molecular complexity index is 1840. The van der Waals surface area contributed by atoms with Gasteiger partial charge in [-0.15, -0.1) is 32.9 Å². The van der Waals surface area contributed by atoms with Gasteiger partial charge in [0, 0.05) is 63.1 Å². The van der Waals surface area contributed by atoms with E-state index in [0.29, 0.717) is 5.92 Å². The molecule has 0 bridgehead atoms. The zero-order valence-electron chi connectivity index (χ0n) is 38.1. The fourth-order valence-corrected chi connectivity index (χ4v) is 6.07. The molecule has 0 saturated carbocycles. The van der Waals surface area contributed by atoms with Crippen LogP contribution >= 0.6 is 22.7 Å². The van der Waals surface area contributed by atoms with E-state index in [4.69, 9.17) is 4.42 Å². The molecule has 0 fully saturated rings. The fourth-order valence-electron chi connectivity index (χ4n) is 4.32. The molecule has 316 valence electrons. The second-order valence-corrected chi connectivity index (χ2v) is 21.0. The average Bonchev–Trinajstić information content (AvgIpc) is 3.98. The molecule has 0 aliphatic carbocycles. The Morgan fingerprint density at radius 1 is 0.621 bits per heavy atom. The van der Waals surface area contributed by atoms with Crippen LogP contribution in [-0.2, 0) is 27.2 Å². The van der Waals surface area contributed by atoms with Gasteiger partial charge in [0.05, 0.1) is 26.4 Å². The molecule has 6 heterocycles. The first-order valence-corrected chi connectivity index (χ1v) is 21.4.